The molecule has 0 fully saturated rings. The van der Waals surface area contributed by atoms with E-state index in [-0.39, 0.29) is 5.91 Å². The Hall–Kier alpha value is -2.62. The van der Waals surface area contributed by atoms with Gasteiger partial charge in [-0.3, -0.25) is 4.79 Å². The van der Waals surface area contributed by atoms with Crippen molar-refractivity contribution in [1.29, 1.82) is 0 Å². The summed E-state index contributed by atoms with van der Waals surface area (Å²) in [5, 5.41) is 1.05. The monoisotopic (exact) mass is 265 g/mol. The summed E-state index contributed by atoms with van der Waals surface area (Å²) < 4.78 is 0. The Labute approximate surface area is 117 Å². The van der Waals surface area contributed by atoms with Crippen LogP contribution in [0.15, 0.2) is 48.8 Å². The molecular weight excluding hydrogens is 250 g/mol. The van der Waals surface area contributed by atoms with Gasteiger partial charge in [0.25, 0.3) is 0 Å². The summed E-state index contributed by atoms with van der Waals surface area (Å²) in [6, 6.07) is 11.9. The van der Waals surface area contributed by atoms with Gasteiger partial charge in [-0.15, -0.1) is 0 Å². The van der Waals surface area contributed by atoms with Crippen molar-refractivity contribution in [2.75, 3.05) is 11.9 Å². The van der Waals surface area contributed by atoms with Crippen molar-refractivity contribution in [2.45, 2.75) is 6.92 Å². The van der Waals surface area contributed by atoms with Crippen molar-refractivity contribution >= 4 is 22.6 Å². The highest BCUT2D eigenvalue weighted by atomic mass is 16.2. The fraction of sp³-hybridized carbons (Fsp3) is 0.125. The zero-order valence-corrected chi connectivity index (χ0v) is 11.4. The second-order valence-corrected chi connectivity index (χ2v) is 4.69. The van der Waals surface area contributed by atoms with Gasteiger partial charge in [0.05, 0.1) is 5.69 Å². The van der Waals surface area contributed by atoms with Crippen LogP contribution >= 0.6 is 0 Å². The van der Waals surface area contributed by atoms with Gasteiger partial charge in [-0.25, -0.2) is 4.98 Å². The fourth-order valence-electron chi connectivity index (χ4n) is 2.36. The fourth-order valence-corrected chi connectivity index (χ4v) is 2.36. The van der Waals surface area contributed by atoms with E-state index in [1.807, 2.05) is 42.6 Å². The van der Waals surface area contributed by atoms with Crippen LogP contribution < -0.4 is 4.90 Å². The van der Waals surface area contributed by atoms with Crippen LogP contribution in [0.2, 0.25) is 0 Å². The molecular formula is C16H15N3O. The molecule has 1 amide bonds. The lowest BCUT2D eigenvalue weighted by Gasteiger charge is -2.19. The Morgan fingerprint density at radius 3 is 2.75 bits per heavy atom. The van der Waals surface area contributed by atoms with E-state index >= 15 is 0 Å². The van der Waals surface area contributed by atoms with E-state index in [4.69, 9.17) is 0 Å². The zero-order chi connectivity index (χ0) is 14.1. The number of amides is 1. The quantitative estimate of drug-likeness (QED) is 0.773. The molecule has 1 aromatic carbocycles. The molecule has 0 spiro atoms. The van der Waals surface area contributed by atoms with Gasteiger partial charge >= 0.3 is 0 Å². The molecule has 0 radical (unpaired) electrons. The first kappa shape index (κ1) is 12.4. The van der Waals surface area contributed by atoms with Crippen LogP contribution in [0, 0.1) is 0 Å². The summed E-state index contributed by atoms with van der Waals surface area (Å²) in [6.07, 6.45) is 3.65. The minimum atomic E-state index is 0.0109. The molecule has 0 unspecified atom stereocenters. The van der Waals surface area contributed by atoms with Gasteiger partial charge in [-0.1, -0.05) is 18.2 Å². The highest BCUT2D eigenvalue weighted by Gasteiger charge is 2.14. The third-order valence-electron chi connectivity index (χ3n) is 3.49. The Bertz CT molecular complexity index is 776. The number of carbonyl (C=O) groups is 1. The highest BCUT2D eigenvalue weighted by molar-refractivity contribution is 6.01. The van der Waals surface area contributed by atoms with E-state index in [0.717, 1.165) is 27.8 Å². The minimum Gasteiger partial charge on any atom is -0.346 e. The number of nitrogens with one attached hydrogen (secondary N) is 1. The number of hydrogen-bond acceptors (Lipinski definition) is 2. The second-order valence-electron chi connectivity index (χ2n) is 4.69. The summed E-state index contributed by atoms with van der Waals surface area (Å²) in [5.74, 6) is 0.0109. The first-order chi connectivity index (χ1) is 9.68. The number of rotatable bonds is 2. The van der Waals surface area contributed by atoms with Crippen LogP contribution in [0.25, 0.3) is 22.2 Å². The van der Waals surface area contributed by atoms with E-state index in [9.17, 15) is 4.79 Å². The number of aromatic nitrogens is 2. The lowest BCUT2D eigenvalue weighted by molar-refractivity contribution is -0.116. The predicted molar refractivity (Wildman–Crippen MR) is 80.6 cm³/mol. The van der Waals surface area contributed by atoms with Gasteiger partial charge in [-0.2, -0.15) is 0 Å². The highest BCUT2D eigenvalue weighted by Crippen LogP contribution is 2.34. The molecule has 3 rings (SSSR count). The summed E-state index contributed by atoms with van der Waals surface area (Å²) in [5.41, 5.74) is 3.84. The van der Waals surface area contributed by atoms with Crippen molar-refractivity contribution in [3.05, 3.63) is 48.8 Å². The molecule has 3 aromatic rings. The number of H-pyrrole nitrogens is 1. The average molecular weight is 265 g/mol. The summed E-state index contributed by atoms with van der Waals surface area (Å²) in [7, 11) is 1.79. The molecule has 0 saturated carbocycles. The van der Waals surface area contributed by atoms with Gasteiger partial charge in [0.15, 0.2) is 0 Å². The number of hydrogen-bond donors (Lipinski definition) is 1. The number of aromatic amines is 1. The van der Waals surface area contributed by atoms with Crippen LogP contribution in [0.4, 0.5) is 5.69 Å². The van der Waals surface area contributed by atoms with E-state index in [1.165, 1.54) is 0 Å². The number of carbonyl (C=O) groups excluding carboxylic acids is 1. The summed E-state index contributed by atoms with van der Waals surface area (Å²) in [6.45, 7) is 1.56. The second kappa shape index (κ2) is 4.81. The van der Waals surface area contributed by atoms with Crippen molar-refractivity contribution in [1.82, 2.24) is 9.97 Å². The third kappa shape index (κ3) is 1.95. The van der Waals surface area contributed by atoms with Gasteiger partial charge in [0.2, 0.25) is 5.91 Å². The van der Waals surface area contributed by atoms with Gasteiger partial charge < -0.3 is 9.88 Å². The van der Waals surface area contributed by atoms with Crippen LogP contribution in [0.1, 0.15) is 6.92 Å². The van der Waals surface area contributed by atoms with Gasteiger partial charge in [0, 0.05) is 37.3 Å². The van der Waals surface area contributed by atoms with Gasteiger partial charge in [0.1, 0.15) is 5.65 Å². The molecule has 2 aromatic heterocycles. The Kier molecular flexibility index (Phi) is 2.99. The molecule has 0 atom stereocenters. The van der Waals surface area contributed by atoms with Crippen LogP contribution in [-0.4, -0.2) is 22.9 Å². The molecule has 1 N–H and O–H groups in total. The van der Waals surface area contributed by atoms with E-state index < -0.39 is 0 Å². The predicted octanol–water partition coefficient (Wildman–Crippen LogP) is 3.21. The maximum absolute atomic E-state index is 11.6. The minimum absolute atomic E-state index is 0.0109. The number of pyridine rings is 1. The number of fused-ring (bicyclic) bond motifs is 1. The molecule has 4 heteroatoms. The third-order valence-corrected chi connectivity index (χ3v) is 3.49. The first-order valence-corrected chi connectivity index (χ1v) is 6.44. The van der Waals surface area contributed by atoms with Gasteiger partial charge in [-0.05, 0) is 23.8 Å². The molecule has 0 aliphatic carbocycles. The molecule has 4 nitrogen and oxygen atoms in total. The van der Waals surface area contributed by atoms with Crippen molar-refractivity contribution in [3.63, 3.8) is 0 Å². The Morgan fingerprint density at radius 2 is 1.95 bits per heavy atom. The topological polar surface area (TPSA) is 49.0 Å². The molecule has 20 heavy (non-hydrogen) atoms. The van der Waals surface area contributed by atoms with Crippen molar-refractivity contribution < 1.29 is 4.79 Å². The maximum atomic E-state index is 11.6. The Morgan fingerprint density at radius 1 is 1.15 bits per heavy atom. The average Bonchev–Trinajstić information content (AvgIpc) is 2.94. The SMILES string of the molecule is CC(=O)N(C)c1ccccc1-c1ccnc2[nH]ccc12. The first-order valence-electron chi connectivity index (χ1n) is 6.44. The molecule has 0 aliphatic rings. The standard InChI is InChI=1S/C16H15N3O/c1-11(20)19(2)15-6-4-3-5-13(15)12-7-9-17-16-14(12)8-10-18-16/h3-10H,1-2H3,(H,17,18). The van der Waals surface area contributed by atoms with Crippen LogP contribution in [0.5, 0.6) is 0 Å². The summed E-state index contributed by atoms with van der Waals surface area (Å²) in [4.78, 5) is 20.7. The molecule has 0 saturated heterocycles. The molecule has 0 aliphatic heterocycles. The molecule has 0 bridgehead atoms. The number of nitrogens with zero attached hydrogens (tertiary/aromatic N) is 2. The van der Waals surface area contributed by atoms with Crippen molar-refractivity contribution in [2.24, 2.45) is 0 Å². The Balaban J connectivity index is 2.25. The molecule has 100 valence electrons. The van der Waals surface area contributed by atoms with E-state index in [1.54, 1.807) is 25.1 Å². The normalized spacial score (nSPS) is 10.7. The van der Waals surface area contributed by atoms with E-state index in [0.29, 0.717) is 0 Å². The number of benzene rings is 1. The largest absolute Gasteiger partial charge is 0.346 e. The summed E-state index contributed by atoms with van der Waals surface area (Å²) >= 11 is 0. The molecule has 2 heterocycles. The lowest BCUT2D eigenvalue weighted by atomic mass is 10.0. The van der Waals surface area contributed by atoms with Crippen LogP contribution in [-0.2, 0) is 4.79 Å². The number of para-hydroxylation sites is 1. The van der Waals surface area contributed by atoms with Crippen LogP contribution in [0.3, 0.4) is 0 Å². The van der Waals surface area contributed by atoms with Crippen molar-refractivity contribution in [3.8, 4) is 11.1 Å². The maximum Gasteiger partial charge on any atom is 0.223 e. The number of anilines is 1. The lowest BCUT2D eigenvalue weighted by Crippen LogP contribution is -2.23. The smallest absolute Gasteiger partial charge is 0.223 e. The van der Waals surface area contributed by atoms with E-state index in [2.05, 4.69) is 9.97 Å². The zero-order valence-electron chi connectivity index (χ0n) is 11.4.